The lowest BCUT2D eigenvalue weighted by Gasteiger charge is -2.39. The Morgan fingerprint density at radius 2 is 1.74 bits per heavy atom. The van der Waals surface area contributed by atoms with Gasteiger partial charge in [0.15, 0.2) is 11.5 Å². The van der Waals surface area contributed by atoms with Gasteiger partial charge < -0.3 is 18.9 Å². The van der Waals surface area contributed by atoms with Gasteiger partial charge >= 0.3 is 0 Å². The van der Waals surface area contributed by atoms with Crippen LogP contribution in [0.25, 0.3) is 0 Å². The molecule has 31 heavy (non-hydrogen) atoms. The predicted molar refractivity (Wildman–Crippen MR) is 124 cm³/mol. The molecule has 0 radical (unpaired) electrons. The summed E-state index contributed by atoms with van der Waals surface area (Å²) in [5.74, 6) is 1.71. The van der Waals surface area contributed by atoms with E-state index in [9.17, 15) is 18.1 Å². The number of piperazine rings is 1. The summed E-state index contributed by atoms with van der Waals surface area (Å²) < 4.78 is 37.8. The fourth-order valence-corrected chi connectivity index (χ4v) is 6.17. The van der Waals surface area contributed by atoms with E-state index in [0.29, 0.717) is 11.7 Å². The van der Waals surface area contributed by atoms with Crippen molar-refractivity contribution in [2.45, 2.75) is 38.0 Å². The van der Waals surface area contributed by atoms with Crippen molar-refractivity contribution in [3.05, 3.63) is 17.7 Å². The van der Waals surface area contributed by atoms with Crippen molar-refractivity contribution in [1.29, 1.82) is 0 Å². The largest absolute Gasteiger partial charge is 0.726 e. The van der Waals surface area contributed by atoms with Crippen LogP contribution in [0.1, 0.15) is 43.6 Å². The molecule has 0 amide bonds. The molecule has 0 aromatic heterocycles. The number of methoxy groups -OCH3 is 1. The Morgan fingerprint density at radius 1 is 1.16 bits per heavy atom. The normalized spacial score (nSPS) is 20.4. The van der Waals surface area contributed by atoms with Crippen LogP contribution in [0.5, 0.6) is 11.5 Å². The molecule has 0 atom stereocenters. The van der Waals surface area contributed by atoms with E-state index in [-0.39, 0.29) is 0 Å². The van der Waals surface area contributed by atoms with Gasteiger partial charge in [-0.05, 0) is 30.1 Å². The van der Waals surface area contributed by atoms with E-state index < -0.39 is 19.9 Å². The summed E-state index contributed by atoms with van der Waals surface area (Å²) in [6.07, 6.45) is 7.49. The highest BCUT2D eigenvalue weighted by Crippen LogP contribution is 2.40. The number of aromatic hydroxyl groups is 1. The summed E-state index contributed by atoms with van der Waals surface area (Å²) in [6.45, 7) is 4.84. The van der Waals surface area contributed by atoms with Crippen molar-refractivity contribution in [2.75, 3.05) is 60.7 Å². The van der Waals surface area contributed by atoms with Crippen LogP contribution in [0.4, 0.5) is 0 Å². The number of ether oxygens (including phenoxy) is 1. The van der Waals surface area contributed by atoms with Gasteiger partial charge in [-0.2, -0.15) is 0 Å². The van der Waals surface area contributed by atoms with E-state index in [4.69, 9.17) is 4.74 Å². The first-order valence-electron chi connectivity index (χ1n) is 11.0. The van der Waals surface area contributed by atoms with E-state index in [1.54, 1.807) is 7.11 Å². The monoisotopic (exact) mass is 474 g/mol. The molecule has 178 valence electrons. The number of likely N-dealkylation sites (N-methyl/N-ethyl adjacent to an activating group) is 1. The number of nitrogens with zero attached hydrogens (tertiary/aromatic N) is 2. The molecule has 1 aliphatic heterocycles. The summed E-state index contributed by atoms with van der Waals surface area (Å²) in [5, 5.41) is 12.1. The van der Waals surface area contributed by atoms with E-state index in [0.717, 1.165) is 22.9 Å². The van der Waals surface area contributed by atoms with Crippen LogP contribution in [0.2, 0.25) is 0 Å². The number of rotatable bonds is 6. The molecular formula is C21H38N2O6SSi. The third kappa shape index (κ3) is 8.36. The number of phenolic OH excluding ortho intramolecular Hbond substituents is 1. The SMILES string of the molecule is COS(=O)(=O)[O-].COc1c([SiH2]CN2CC[N+](C)(C)CC2)ccc(C2CCCCC2)c1O. The van der Waals surface area contributed by atoms with Gasteiger partial charge in [0, 0.05) is 18.7 Å². The average Bonchev–Trinajstić information content (AvgIpc) is 2.73. The lowest BCUT2D eigenvalue weighted by Crippen LogP contribution is -2.55. The zero-order chi connectivity index (χ0) is 23.1. The van der Waals surface area contributed by atoms with Crippen molar-refractivity contribution >= 4 is 25.1 Å². The second-order valence-electron chi connectivity index (χ2n) is 9.08. The number of phenols is 1. The third-order valence-corrected chi connectivity index (χ3v) is 8.80. The maximum Gasteiger partial charge on any atom is 0.217 e. The van der Waals surface area contributed by atoms with E-state index in [1.807, 2.05) is 0 Å². The molecule has 1 saturated heterocycles. The predicted octanol–water partition coefficient (Wildman–Crippen LogP) is 0.685. The molecule has 1 N–H and O–H groups in total. The quantitative estimate of drug-likeness (QED) is 0.280. The maximum absolute atomic E-state index is 10.8. The molecule has 1 saturated carbocycles. The van der Waals surface area contributed by atoms with Crippen LogP contribution in [0, 0.1) is 0 Å². The first-order chi connectivity index (χ1) is 14.6. The number of hydrogen-bond donors (Lipinski definition) is 1. The summed E-state index contributed by atoms with van der Waals surface area (Å²) in [7, 11) is 2.28. The maximum atomic E-state index is 10.8. The zero-order valence-corrected chi connectivity index (χ0v) is 21.5. The minimum atomic E-state index is -4.41. The highest BCUT2D eigenvalue weighted by atomic mass is 32.3. The Kier molecular flexibility index (Phi) is 9.78. The topological polar surface area (TPSA) is 99.1 Å². The summed E-state index contributed by atoms with van der Waals surface area (Å²) in [6, 6.07) is 4.44. The minimum Gasteiger partial charge on any atom is -0.726 e. The fraction of sp³-hybridized carbons (Fsp3) is 0.714. The third-order valence-electron chi connectivity index (χ3n) is 6.44. The average molecular weight is 475 g/mol. The molecular weight excluding hydrogens is 436 g/mol. The molecule has 0 bridgehead atoms. The molecule has 0 unspecified atom stereocenters. The van der Waals surface area contributed by atoms with Crippen molar-refractivity contribution in [3.63, 3.8) is 0 Å². The molecule has 1 aliphatic carbocycles. The number of quaternary nitrogens is 1. The Balaban J connectivity index is 0.000000501. The second-order valence-corrected chi connectivity index (χ2v) is 11.9. The molecule has 3 rings (SSSR count). The molecule has 2 aliphatic rings. The van der Waals surface area contributed by atoms with Crippen LogP contribution in [0.3, 0.4) is 0 Å². The van der Waals surface area contributed by atoms with Gasteiger partial charge in [0.25, 0.3) is 0 Å². The van der Waals surface area contributed by atoms with E-state index >= 15 is 0 Å². The van der Waals surface area contributed by atoms with Crippen LogP contribution >= 0.6 is 0 Å². The highest BCUT2D eigenvalue weighted by Gasteiger charge is 2.25. The van der Waals surface area contributed by atoms with Gasteiger partial charge in [-0.15, -0.1) is 0 Å². The minimum absolute atomic E-state index is 0.427. The van der Waals surface area contributed by atoms with Crippen LogP contribution in [0.15, 0.2) is 12.1 Å². The number of benzene rings is 1. The smallest absolute Gasteiger partial charge is 0.217 e. The number of hydrogen-bond acceptors (Lipinski definition) is 7. The van der Waals surface area contributed by atoms with Crippen LogP contribution in [-0.2, 0) is 14.6 Å². The first kappa shape index (κ1) is 26.1. The van der Waals surface area contributed by atoms with Crippen LogP contribution in [-0.4, -0.2) is 97.6 Å². The molecule has 0 spiro atoms. The molecule has 1 aromatic rings. The lowest BCUT2D eigenvalue weighted by atomic mass is 9.83. The Morgan fingerprint density at radius 3 is 2.26 bits per heavy atom. The second kappa shape index (κ2) is 11.6. The summed E-state index contributed by atoms with van der Waals surface area (Å²) in [5.41, 5.74) is 1.12. The van der Waals surface area contributed by atoms with Crippen molar-refractivity contribution in [3.8, 4) is 11.5 Å². The van der Waals surface area contributed by atoms with Gasteiger partial charge in [0.05, 0.1) is 50.9 Å². The molecule has 2 fully saturated rings. The molecule has 10 heteroatoms. The van der Waals surface area contributed by atoms with Gasteiger partial charge in [-0.3, -0.25) is 9.08 Å². The molecule has 1 heterocycles. The first-order valence-corrected chi connectivity index (χ1v) is 14.0. The fourth-order valence-electron chi connectivity index (χ4n) is 4.35. The van der Waals surface area contributed by atoms with Gasteiger partial charge in [0.1, 0.15) is 0 Å². The van der Waals surface area contributed by atoms with Crippen molar-refractivity contribution in [1.82, 2.24) is 4.90 Å². The lowest BCUT2D eigenvalue weighted by molar-refractivity contribution is -0.894. The highest BCUT2D eigenvalue weighted by molar-refractivity contribution is 7.80. The van der Waals surface area contributed by atoms with Gasteiger partial charge in [-0.1, -0.05) is 31.4 Å². The standard InChI is InChI=1S/C20H34N2O2Si.CH4O4S/c1-22(2)13-11-21(12-14-22)15-25-18-10-9-17(19(23)20(18)24-3)16-7-5-4-6-8-16;1-5-6(2,3)4/h9-10,16H,4-8,11-15,25H2,1-3H3;1H3,(H,2,3,4). The molecule has 8 nitrogen and oxygen atoms in total. The zero-order valence-electron chi connectivity index (χ0n) is 19.3. The van der Waals surface area contributed by atoms with Crippen molar-refractivity contribution in [2.24, 2.45) is 0 Å². The Bertz CT molecular complexity index is 802. The van der Waals surface area contributed by atoms with Crippen LogP contribution < -0.4 is 9.92 Å². The van der Waals surface area contributed by atoms with E-state index in [2.05, 4.69) is 35.3 Å². The Hall–Kier alpha value is -1.17. The van der Waals surface area contributed by atoms with E-state index in [1.165, 1.54) is 69.6 Å². The molecule has 1 aromatic carbocycles. The van der Waals surface area contributed by atoms with Crippen molar-refractivity contribution < 1.29 is 31.5 Å². The van der Waals surface area contributed by atoms with Gasteiger partial charge in [-0.25, -0.2) is 8.42 Å². The summed E-state index contributed by atoms with van der Waals surface area (Å²) >= 11 is 0. The summed E-state index contributed by atoms with van der Waals surface area (Å²) in [4.78, 5) is 2.60. The van der Waals surface area contributed by atoms with Gasteiger partial charge in [0.2, 0.25) is 10.4 Å². The Labute approximate surface area is 189 Å².